The van der Waals surface area contributed by atoms with Gasteiger partial charge in [-0.1, -0.05) is 30.3 Å². The molecule has 2 aliphatic rings. The molecule has 5 nitrogen and oxygen atoms in total. The molecule has 1 fully saturated rings. The second kappa shape index (κ2) is 7.62. The van der Waals surface area contributed by atoms with E-state index in [4.69, 9.17) is 14.6 Å². The number of ether oxygens (including phenoxy) is 2. The molecule has 0 spiro atoms. The smallest absolute Gasteiger partial charge is 0.308 e. The Balaban J connectivity index is 1.28. The van der Waals surface area contributed by atoms with Crippen LogP contribution in [0.5, 0.6) is 0 Å². The summed E-state index contributed by atoms with van der Waals surface area (Å²) in [5.74, 6) is 0.521. The van der Waals surface area contributed by atoms with Crippen molar-refractivity contribution in [2.75, 3.05) is 13.7 Å². The van der Waals surface area contributed by atoms with E-state index < -0.39 is 0 Å². The zero-order chi connectivity index (χ0) is 17.9. The molecule has 0 bridgehead atoms. The van der Waals surface area contributed by atoms with Crippen LogP contribution in [0.1, 0.15) is 42.1 Å². The molecule has 4 rings (SSSR count). The van der Waals surface area contributed by atoms with Gasteiger partial charge in [-0.25, -0.2) is 0 Å². The number of hydrogen-bond acceptors (Lipinski definition) is 4. The van der Waals surface area contributed by atoms with Crippen molar-refractivity contribution in [3.8, 4) is 0 Å². The van der Waals surface area contributed by atoms with Crippen LogP contribution in [0, 0.1) is 11.8 Å². The van der Waals surface area contributed by atoms with Crippen LogP contribution in [0.15, 0.2) is 36.5 Å². The number of esters is 1. The standard InChI is InChI=1S/C21H26N2O3/c1-25-21(24)17-10-19(11-17)23-12-18-9-16(7-8-20(18)22-23)14-26-13-15-5-3-2-4-6-15/h2-6,12,16-17,19H,7-11,13-14H2,1H3/t16?,17-,19+. The van der Waals surface area contributed by atoms with Gasteiger partial charge in [-0.2, -0.15) is 5.10 Å². The van der Waals surface area contributed by atoms with E-state index in [9.17, 15) is 4.79 Å². The third-order valence-corrected chi connectivity index (χ3v) is 5.68. The lowest BCUT2D eigenvalue weighted by atomic mass is 9.80. The molecule has 2 aromatic rings. The van der Waals surface area contributed by atoms with Gasteiger partial charge in [-0.05, 0) is 49.1 Å². The van der Waals surface area contributed by atoms with Gasteiger partial charge in [0.1, 0.15) is 0 Å². The van der Waals surface area contributed by atoms with E-state index in [0.717, 1.165) is 38.7 Å². The van der Waals surface area contributed by atoms with Crippen LogP contribution in [0.25, 0.3) is 0 Å². The molecule has 26 heavy (non-hydrogen) atoms. The molecule has 1 saturated carbocycles. The van der Waals surface area contributed by atoms with Crippen LogP contribution in [0.4, 0.5) is 0 Å². The minimum Gasteiger partial charge on any atom is -0.469 e. The van der Waals surface area contributed by atoms with Gasteiger partial charge in [0.05, 0.1) is 38.0 Å². The van der Waals surface area contributed by atoms with Gasteiger partial charge < -0.3 is 9.47 Å². The number of benzene rings is 1. The Bertz CT molecular complexity index is 750. The summed E-state index contributed by atoms with van der Waals surface area (Å²) < 4.78 is 12.8. The van der Waals surface area contributed by atoms with Gasteiger partial charge >= 0.3 is 5.97 Å². The van der Waals surface area contributed by atoms with Crippen LogP contribution >= 0.6 is 0 Å². The molecule has 1 aromatic heterocycles. The monoisotopic (exact) mass is 354 g/mol. The minimum absolute atomic E-state index is 0.0466. The summed E-state index contributed by atoms with van der Waals surface area (Å²) in [5, 5.41) is 4.78. The first kappa shape index (κ1) is 17.3. The predicted molar refractivity (Wildman–Crippen MR) is 97.6 cm³/mol. The maximum Gasteiger partial charge on any atom is 0.308 e. The number of carbonyl (C=O) groups is 1. The number of hydrogen-bond donors (Lipinski definition) is 0. The van der Waals surface area contributed by atoms with Crippen molar-refractivity contribution in [1.82, 2.24) is 9.78 Å². The molecule has 0 saturated heterocycles. The number of aromatic nitrogens is 2. The predicted octanol–water partition coefficient (Wildman–Crippen LogP) is 3.33. The first-order chi connectivity index (χ1) is 12.7. The number of rotatable bonds is 6. The van der Waals surface area contributed by atoms with Crippen molar-refractivity contribution in [2.45, 2.75) is 44.8 Å². The fourth-order valence-corrected chi connectivity index (χ4v) is 4.01. The van der Waals surface area contributed by atoms with Crippen molar-refractivity contribution in [1.29, 1.82) is 0 Å². The number of carbonyl (C=O) groups excluding carboxylic acids is 1. The Hall–Kier alpha value is -2.14. The molecular formula is C21H26N2O3. The van der Waals surface area contributed by atoms with Gasteiger partial charge in [0.15, 0.2) is 0 Å². The average molecular weight is 354 g/mol. The fraction of sp³-hybridized carbons (Fsp3) is 0.524. The second-order valence-corrected chi connectivity index (χ2v) is 7.54. The molecule has 138 valence electrons. The van der Waals surface area contributed by atoms with E-state index in [-0.39, 0.29) is 11.9 Å². The molecule has 1 aromatic carbocycles. The maximum absolute atomic E-state index is 11.5. The molecule has 1 heterocycles. The summed E-state index contributed by atoms with van der Waals surface area (Å²) in [4.78, 5) is 11.5. The molecule has 1 unspecified atom stereocenters. The van der Waals surface area contributed by atoms with E-state index in [1.54, 1.807) is 0 Å². The first-order valence-corrected chi connectivity index (χ1v) is 9.49. The summed E-state index contributed by atoms with van der Waals surface area (Å²) in [7, 11) is 1.46. The summed E-state index contributed by atoms with van der Waals surface area (Å²) >= 11 is 0. The maximum atomic E-state index is 11.5. The van der Waals surface area contributed by atoms with E-state index in [2.05, 4.69) is 23.0 Å². The Labute approximate surface area is 154 Å². The topological polar surface area (TPSA) is 53.4 Å². The first-order valence-electron chi connectivity index (χ1n) is 9.49. The van der Waals surface area contributed by atoms with Crippen molar-refractivity contribution < 1.29 is 14.3 Å². The van der Waals surface area contributed by atoms with Gasteiger partial charge in [0, 0.05) is 6.20 Å². The van der Waals surface area contributed by atoms with Crippen LogP contribution in [0.3, 0.4) is 0 Å². The summed E-state index contributed by atoms with van der Waals surface area (Å²) in [5.41, 5.74) is 3.80. The van der Waals surface area contributed by atoms with E-state index >= 15 is 0 Å². The Kier molecular flexibility index (Phi) is 5.07. The molecule has 0 N–H and O–H groups in total. The van der Waals surface area contributed by atoms with Crippen molar-refractivity contribution in [2.24, 2.45) is 11.8 Å². The Morgan fingerprint density at radius 1 is 1.27 bits per heavy atom. The highest BCUT2D eigenvalue weighted by Gasteiger charge is 2.37. The highest BCUT2D eigenvalue weighted by atomic mass is 16.5. The quantitative estimate of drug-likeness (QED) is 0.747. The summed E-state index contributed by atoms with van der Waals surface area (Å²) in [6.07, 6.45) is 7.07. The second-order valence-electron chi connectivity index (χ2n) is 7.54. The molecule has 0 aliphatic heterocycles. The minimum atomic E-state index is -0.0891. The molecule has 0 amide bonds. The van der Waals surface area contributed by atoms with Gasteiger partial charge in [-0.3, -0.25) is 9.48 Å². The third kappa shape index (κ3) is 3.68. The molecule has 5 heteroatoms. The van der Waals surface area contributed by atoms with Crippen LogP contribution in [0.2, 0.25) is 0 Å². The molecular weight excluding hydrogens is 328 g/mol. The fourth-order valence-electron chi connectivity index (χ4n) is 4.01. The van der Waals surface area contributed by atoms with Crippen molar-refractivity contribution in [3.63, 3.8) is 0 Å². The zero-order valence-electron chi connectivity index (χ0n) is 15.3. The Morgan fingerprint density at radius 3 is 2.85 bits per heavy atom. The van der Waals surface area contributed by atoms with Gasteiger partial charge in [0.25, 0.3) is 0 Å². The average Bonchev–Trinajstić information content (AvgIpc) is 3.04. The van der Waals surface area contributed by atoms with Crippen molar-refractivity contribution >= 4 is 5.97 Å². The highest BCUT2D eigenvalue weighted by Crippen LogP contribution is 2.39. The molecule has 1 atom stereocenters. The van der Waals surface area contributed by atoms with E-state index in [1.165, 1.54) is 23.9 Å². The molecule has 2 aliphatic carbocycles. The number of fused-ring (bicyclic) bond motifs is 1. The van der Waals surface area contributed by atoms with E-state index in [0.29, 0.717) is 18.6 Å². The van der Waals surface area contributed by atoms with Gasteiger partial charge in [-0.15, -0.1) is 0 Å². The van der Waals surface area contributed by atoms with Crippen LogP contribution in [-0.4, -0.2) is 29.5 Å². The van der Waals surface area contributed by atoms with Crippen molar-refractivity contribution in [3.05, 3.63) is 53.3 Å². The number of nitrogens with zero attached hydrogens (tertiary/aromatic N) is 2. The molecule has 0 radical (unpaired) electrons. The Morgan fingerprint density at radius 2 is 2.08 bits per heavy atom. The normalized spacial score (nSPS) is 24.6. The lowest BCUT2D eigenvalue weighted by molar-refractivity contribution is -0.149. The third-order valence-electron chi connectivity index (χ3n) is 5.68. The zero-order valence-corrected chi connectivity index (χ0v) is 15.3. The SMILES string of the molecule is COC(=O)[C@H]1C[C@@H](n2cc3c(n2)CCC(COCc2ccccc2)C3)C1. The summed E-state index contributed by atoms with van der Waals surface area (Å²) in [6, 6.07) is 10.7. The number of methoxy groups -OCH3 is 1. The largest absolute Gasteiger partial charge is 0.469 e. The summed E-state index contributed by atoms with van der Waals surface area (Å²) in [6.45, 7) is 1.48. The lowest BCUT2D eigenvalue weighted by Crippen LogP contribution is -2.33. The van der Waals surface area contributed by atoms with E-state index in [1.807, 2.05) is 18.2 Å². The van der Waals surface area contributed by atoms with Crippen LogP contribution in [-0.2, 0) is 33.7 Å². The highest BCUT2D eigenvalue weighted by molar-refractivity contribution is 5.73. The lowest BCUT2D eigenvalue weighted by Gasteiger charge is -2.33. The van der Waals surface area contributed by atoms with Gasteiger partial charge in [0.2, 0.25) is 0 Å². The van der Waals surface area contributed by atoms with Crippen LogP contribution < -0.4 is 0 Å². The number of aryl methyl sites for hydroxylation is 1.